The second kappa shape index (κ2) is 10.6. The van der Waals surface area contributed by atoms with Crippen LogP contribution in [0.3, 0.4) is 0 Å². The number of anilines is 1. The number of carbonyl (C=O) groups excluding carboxylic acids is 1. The van der Waals surface area contributed by atoms with Crippen molar-refractivity contribution in [2.24, 2.45) is 0 Å². The number of ether oxygens (including phenoxy) is 1. The molecule has 1 aromatic heterocycles. The Morgan fingerprint density at radius 2 is 2.07 bits per heavy atom. The summed E-state index contributed by atoms with van der Waals surface area (Å²) in [7, 11) is 0. The predicted molar refractivity (Wildman–Crippen MR) is 117 cm³/mol. The first kappa shape index (κ1) is 21.6. The van der Waals surface area contributed by atoms with Crippen molar-refractivity contribution in [2.45, 2.75) is 51.2 Å². The number of nitrogens with one attached hydrogen (secondary N) is 1. The van der Waals surface area contributed by atoms with Crippen LogP contribution in [-0.4, -0.2) is 58.8 Å². The van der Waals surface area contributed by atoms with Crippen molar-refractivity contribution < 1.29 is 9.53 Å². The molecule has 1 atom stereocenters. The third-order valence-corrected chi connectivity index (χ3v) is 5.88. The van der Waals surface area contributed by atoms with Crippen LogP contribution in [0.1, 0.15) is 39.2 Å². The van der Waals surface area contributed by atoms with Crippen LogP contribution in [0.2, 0.25) is 0 Å². The molecule has 1 N–H and O–H groups in total. The van der Waals surface area contributed by atoms with Gasteiger partial charge in [0.05, 0.1) is 24.7 Å². The number of hydrogen-bond donors (Lipinski definition) is 1. The number of morpholine rings is 1. The third kappa shape index (κ3) is 5.73. The lowest BCUT2D eigenvalue weighted by atomic mass is 10.1. The number of thioether (sulfide) groups is 1. The minimum atomic E-state index is 0.0285. The van der Waals surface area contributed by atoms with Gasteiger partial charge < -0.3 is 15.0 Å². The van der Waals surface area contributed by atoms with E-state index in [1.807, 2.05) is 6.92 Å². The molecular formula is C21H31N5O2S. The average molecular weight is 418 g/mol. The first-order valence-corrected chi connectivity index (χ1v) is 11.4. The summed E-state index contributed by atoms with van der Waals surface area (Å²) < 4.78 is 7.56. The summed E-state index contributed by atoms with van der Waals surface area (Å²) in [5.74, 6) is 1.16. The molecular weight excluding hydrogens is 386 g/mol. The second-order valence-corrected chi connectivity index (χ2v) is 8.23. The van der Waals surface area contributed by atoms with Gasteiger partial charge in [0.25, 0.3) is 0 Å². The molecule has 29 heavy (non-hydrogen) atoms. The highest BCUT2D eigenvalue weighted by molar-refractivity contribution is 7.99. The van der Waals surface area contributed by atoms with E-state index in [0.29, 0.717) is 19.0 Å². The maximum absolute atomic E-state index is 12.3. The van der Waals surface area contributed by atoms with Crippen molar-refractivity contribution in [3.8, 4) is 5.69 Å². The Morgan fingerprint density at radius 3 is 2.79 bits per heavy atom. The zero-order chi connectivity index (χ0) is 20.6. The zero-order valence-corrected chi connectivity index (χ0v) is 18.4. The normalized spacial score (nSPS) is 15.3. The second-order valence-electron chi connectivity index (χ2n) is 7.29. The summed E-state index contributed by atoms with van der Waals surface area (Å²) >= 11 is 1.43. The molecule has 158 valence electrons. The maximum Gasteiger partial charge on any atom is 0.232 e. The van der Waals surface area contributed by atoms with Gasteiger partial charge in [0.1, 0.15) is 0 Å². The number of rotatable bonds is 9. The van der Waals surface area contributed by atoms with Gasteiger partial charge in [-0.15, -0.1) is 10.2 Å². The van der Waals surface area contributed by atoms with Crippen molar-refractivity contribution in [1.29, 1.82) is 0 Å². The van der Waals surface area contributed by atoms with E-state index >= 15 is 0 Å². The molecule has 1 aromatic carbocycles. The highest BCUT2D eigenvalue weighted by Gasteiger charge is 2.22. The number of amides is 1. The minimum Gasteiger partial charge on any atom is -0.378 e. The van der Waals surface area contributed by atoms with Crippen molar-refractivity contribution in [2.75, 3.05) is 37.0 Å². The number of nitrogens with zero attached hydrogens (tertiary/aromatic N) is 4. The lowest BCUT2D eigenvalue weighted by molar-refractivity contribution is -0.119. The molecule has 0 radical (unpaired) electrons. The van der Waals surface area contributed by atoms with Crippen molar-refractivity contribution in [3.63, 3.8) is 0 Å². The molecule has 1 aliphatic heterocycles. The van der Waals surface area contributed by atoms with Crippen molar-refractivity contribution >= 4 is 23.6 Å². The van der Waals surface area contributed by atoms with Crippen LogP contribution in [0, 0.1) is 0 Å². The molecule has 0 saturated carbocycles. The Hall–Kier alpha value is -2.06. The van der Waals surface area contributed by atoms with Crippen LogP contribution in [-0.2, 0) is 16.0 Å². The molecule has 1 unspecified atom stereocenters. The number of carbonyl (C=O) groups is 1. The number of aryl methyl sites for hydroxylation is 1. The van der Waals surface area contributed by atoms with Gasteiger partial charge in [-0.05, 0) is 37.5 Å². The number of benzene rings is 1. The Kier molecular flexibility index (Phi) is 7.94. The van der Waals surface area contributed by atoms with E-state index in [1.54, 1.807) is 0 Å². The Bertz CT molecular complexity index is 804. The Labute approximate surface area is 177 Å². The van der Waals surface area contributed by atoms with Gasteiger partial charge in [-0.3, -0.25) is 9.36 Å². The first-order chi connectivity index (χ1) is 14.1. The molecule has 3 rings (SSSR count). The lowest BCUT2D eigenvalue weighted by Gasteiger charge is -2.28. The maximum atomic E-state index is 12.3. The molecule has 1 amide bonds. The fraction of sp³-hybridized carbons (Fsp3) is 0.571. The largest absolute Gasteiger partial charge is 0.378 e. The summed E-state index contributed by atoms with van der Waals surface area (Å²) in [6.45, 7) is 9.24. The molecule has 0 bridgehead atoms. The molecule has 1 aliphatic rings. The van der Waals surface area contributed by atoms with Crippen molar-refractivity contribution in [3.05, 3.63) is 29.8 Å². The number of aromatic nitrogens is 3. The van der Waals surface area contributed by atoms with Gasteiger partial charge in [-0.25, -0.2) is 0 Å². The molecule has 0 aliphatic carbocycles. The van der Waals surface area contributed by atoms with Crippen LogP contribution in [0.4, 0.5) is 5.95 Å². The van der Waals surface area contributed by atoms with Crippen LogP contribution in [0.5, 0.6) is 0 Å². The third-order valence-electron chi connectivity index (χ3n) is 4.95. The highest BCUT2D eigenvalue weighted by Crippen LogP contribution is 2.27. The SMILES string of the molecule is CCCC(C)NC(=O)CSc1nnc(N2CCOCC2)n1-c1cccc(CC)c1. The summed E-state index contributed by atoms with van der Waals surface area (Å²) in [6, 6.07) is 8.61. The smallest absolute Gasteiger partial charge is 0.232 e. The van der Waals surface area contributed by atoms with E-state index in [9.17, 15) is 4.79 Å². The molecule has 1 fully saturated rings. The standard InChI is InChI=1S/C21H31N5O2S/c1-4-7-16(3)22-19(27)15-29-21-24-23-20(25-10-12-28-13-11-25)26(21)18-9-6-8-17(5-2)14-18/h6,8-9,14,16H,4-5,7,10-13,15H2,1-3H3,(H,22,27). The van der Waals surface area contributed by atoms with E-state index in [1.165, 1.54) is 17.3 Å². The van der Waals surface area contributed by atoms with Crippen LogP contribution >= 0.6 is 11.8 Å². The summed E-state index contributed by atoms with van der Waals surface area (Å²) in [6.07, 6.45) is 3.00. The van der Waals surface area contributed by atoms with Crippen LogP contribution < -0.4 is 10.2 Å². The topological polar surface area (TPSA) is 72.3 Å². The van der Waals surface area contributed by atoms with Crippen LogP contribution in [0.15, 0.2) is 29.4 Å². The quantitative estimate of drug-likeness (QED) is 0.632. The van der Waals surface area contributed by atoms with Gasteiger partial charge in [-0.2, -0.15) is 0 Å². The fourth-order valence-electron chi connectivity index (χ4n) is 3.42. The molecule has 2 aromatic rings. The average Bonchev–Trinajstić information content (AvgIpc) is 3.17. The molecule has 0 spiro atoms. The van der Waals surface area contributed by atoms with E-state index in [0.717, 1.165) is 49.1 Å². The van der Waals surface area contributed by atoms with E-state index in [2.05, 4.69) is 63.1 Å². The summed E-state index contributed by atoms with van der Waals surface area (Å²) in [4.78, 5) is 14.5. The highest BCUT2D eigenvalue weighted by atomic mass is 32.2. The van der Waals surface area contributed by atoms with Gasteiger partial charge in [0.15, 0.2) is 5.16 Å². The molecule has 8 heteroatoms. The number of hydrogen-bond acceptors (Lipinski definition) is 6. The van der Waals surface area contributed by atoms with Crippen molar-refractivity contribution in [1.82, 2.24) is 20.1 Å². The van der Waals surface area contributed by atoms with Gasteiger partial charge >= 0.3 is 0 Å². The van der Waals surface area contributed by atoms with Crippen LogP contribution in [0.25, 0.3) is 5.69 Å². The first-order valence-electron chi connectivity index (χ1n) is 10.4. The van der Waals surface area contributed by atoms with Gasteiger partial charge in [0.2, 0.25) is 11.9 Å². The minimum absolute atomic E-state index is 0.0285. The van der Waals surface area contributed by atoms with E-state index in [4.69, 9.17) is 4.74 Å². The van der Waals surface area contributed by atoms with Gasteiger partial charge in [0, 0.05) is 19.1 Å². The monoisotopic (exact) mass is 417 g/mol. The Morgan fingerprint density at radius 1 is 1.28 bits per heavy atom. The summed E-state index contributed by atoms with van der Waals surface area (Å²) in [5.41, 5.74) is 2.28. The fourth-order valence-corrected chi connectivity index (χ4v) is 4.18. The Balaban J connectivity index is 1.82. The predicted octanol–water partition coefficient (Wildman–Crippen LogP) is 3.06. The van der Waals surface area contributed by atoms with E-state index < -0.39 is 0 Å². The molecule has 2 heterocycles. The van der Waals surface area contributed by atoms with E-state index in [-0.39, 0.29) is 11.9 Å². The van der Waals surface area contributed by atoms with Gasteiger partial charge in [-0.1, -0.05) is 44.2 Å². The summed E-state index contributed by atoms with van der Waals surface area (Å²) in [5, 5.41) is 12.7. The zero-order valence-electron chi connectivity index (χ0n) is 17.6. The molecule has 1 saturated heterocycles. The lowest BCUT2D eigenvalue weighted by Crippen LogP contribution is -2.38. The molecule has 7 nitrogen and oxygen atoms in total.